The van der Waals surface area contributed by atoms with E-state index >= 15 is 0 Å². The van der Waals surface area contributed by atoms with Gasteiger partial charge in [0.1, 0.15) is 6.61 Å². The summed E-state index contributed by atoms with van der Waals surface area (Å²) in [4.78, 5) is 21.5. The van der Waals surface area contributed by atoms with E-state index in [0.717, 1.165) is 5.56 Å². The van der Waals surface area contributed by atoms with Crippen molar-refractivity contribution in [2.45, 2.75) is 6.61 Å². The smallest absolute Gasteiger partial charge is 0.407 e. The fourth-order valence-electron chi connectivity index (χ4n) is 1.16. The topological polar surface area (TPSA) is 75.6 Å². The van der Waals surface area contributed by atoms with Crippen LogP contribution in [0.2, 0.25) is 0 Å². The minimum Gasteiger partial charge on any atom is -0.481 e. The molecule has 0 bridgehead atoms. The fourth-order valence-corrected chi connectivity index (χ4v) is 1.72. The summed E-state index contributed by atoms with van der Waals surface area (Å²) in [5.41, 5.74) is 0.924. The molecule has 0 aliphatic rings. The zero-order valence-corrected chi connectivity index (χ0v) is 10.6. The van der Waals surface area contributed by atoms with Crippen LogP contribution in [0.25, 0.3) is 0 Å². The number of benzene rings is 1. The molecule has 0 aromatic heterocycles. The van der Waals surface area contributed by atoms with Gasteiger partial charge in [0, 0.05) is 12.3 Å². The van der Waals surface area contributed by atoms with Gasteiger partial charge in [-0.1, -0.05) is 30.3 Å². The predicted octanol–water partition coefficient (Wildman–Crippen LogP) is 1.73. The third kappa shape index (κ3) is 6.80. The van der Waals surface area contributed by atoms with E-state index < -0.39 is 12.1 Å². The van der Waals surface area contributed by atoms with Crippen molar-refractivity contribution in [3.05, 3.63) is 35.9 Å². The summed E-state index contributed by atoms with van der Waals surface area (Å²) in [6, 6.07) is 9.38. The van der Waals surface area contributed by atoms with Crippen LogP contribution in [0.15, 0.2) is 30.3 Å². The normalized spacial score (nSPS) is 9.78. The lowest BCUT2D eigenvalue weighted by molar-refractivity contribution is -0.133. The molecule has 0 atom stereocenters. The van der Waals surface area contributed by atoms with Crippen LogP contribution in [0.1, 0.15) is 5.56 Å². The highest BCUT2D eigenvalue weighted by Gasteiger charge is 2.02. The molecule has 1 amide bonds. The quantitative estimate of drug-likeness (QED) is 0.737. The SMILES string of the molecule is O=C(O)CSCCNC(=O)OCc1ccccc1. The van der Waals surface area contributed by atoms with E-state index in [0.29, 0.717) is 12.3 Å². The van der Waals surface area contributed by atoms with Crippen LogP contribution >= 0.6 is 11.8 Å². The monoisotopic (exact) mass is 269 g/mol. The molecule has 18 heavy (non-hydrogen) atoms. The number of carbonyl (C=O) groups is 2. The second-order valence-electron chi connectivity index (χ2n) is 3.43. The van der Waals surface area contributed by atoms with Crippen LogP contribution < -0.4 is 5.32 Å². The van der Waals surface area contributed by atoms with Crippen molar-refractivity contribution in [3.63, 3.8) is 0 Å². The van der Waals surface area contributed by atoms with E-state index in [4.69, 9.17) is 9.84 Å². The Labute approximate surface area is 110 Å². The largest absolute Gasteiger partial charge is 0.481 e. The first-order valence-electron chi connectivity index (χ1n) is 5.42. The van der Waals surface area contributed by atoms with Gasteiger partial charge in [-0.15, -0.1) is 11.8 Å². The molecule has 0 heterocycles. The Kier molecular flexibility index (Phi) is 6.71. The average Bonchev–Trinajstić information content (AvgIpc) is 2.37. The Morgan fingerprint density at radius 2 is 2.00 bits per heavy atom. The number of thioether (sulfide) groups is 1. The van der Waals surface area contributed by atoms with Crippen LogP contribution in [0, 0.1) is 0 Å². The van der Waals surface area contributed by atoms with Crippen LogP contribution in [-0.4, -0.2) is 35.2 Å². The van der Waals surface area contributed by atoms with Gasteiger partial charge >= 0.3 is 12.1 Å². The standard InChI is InChI=1S/C12H15NO4S/c14-11(15)9-18-7-6-13-12(16)17-8-10-4-2-1-3-5-10/h1-5H,6-9H2,(H,13,16)(H,14,15). The van der Waals surface area contributed by atoms with Gasteiger partial charge in [0.15, 0.2) is 0 Å². The van der Waals surface area contributed by atoms with Crippen molar-refractivity contribution >= 4 is 23.8 Å². The molecule has 1 aromatic rings. The molecular weight excluding hydrogens is 254 g/mol. The zero-order chi connectivity index (χ0) is 13.2. The third-order valence-electron chi connectivity index (χ3n) is 1.95. The van der Waals surface area contributed by atoms with Gasteiger partial charge in [0.25, 0.3) is 0 Å². The van der Waals surface area contributed by atoms with Gasteiger partial charge in [0.05, 0.1) is 5.75 Å². The van der Waals surface area contributed by atoms with Crippen molar-refractivity contribution in [3.8, 4) is 0 Å². The summed E-state index contributed by atoms with van der Waals surface area (Å²) in [5.74, 6) is -0.264. The number of hydrogen-bond donors (Lipinski definition) is 2. The Bertz CT molecular complexity index is 383. The van der Waals surface area contributed by atoms with Crippen LogP contribution in [0.4, 0.5) is 4.79 Å². The van der Waals surface area contributed by atoms with E-state index in [1.165, 1.54) is 11.8 Å². The first-order chi connectivity index (χ1) is 8.68. The average molecular weight is 269 g/mol. The predicted molar refractivity (Wildman–Crippen MR) is 69.6 cm³/mol. The summed E-state index contributed by atoms with van der Waals surface area (Å²) >= 11 is 1.25. The molecule has 2 N–H and O–H groups in total. The maximum Gasteiger partial charge on any atom is 0.407 e. The molecule has 98 valence electrons. The molecule has 5 nitrogen and oxygen atoms in total. The van der Waals surface area contributed by atoms with Crippen LogP contribution in [-0.2, 0) is 16.1 Å². The number of alkyl carbamates (subject to hydrolysis) is 1. The minimum atomic E-state index is -0.855. The maximum absolute atomic E-state index is 11.3. The van der Waals surface area contributed by atoms with Gasteiger partial charge in [-0.05, 0) is 5.56 Å². The Morgan fingerprint density at radius 3 is 2.67 bits per heavy atom. The number of carbonyl (C=O) groups excluding carboxylic acids is 1. The second kappa shape index (κ2) is 8.41. The van der Waals surface area contributed by atoms with Crippen molar-refractivity contribution < 1.29 is 19.4 Å². The molecular formula is C12H15NO4S. The Balaban J connectivity index is 2.06. The summed E-state index contributed by atoms with van der Waals surface area (Å²) < 4.78 is 4.98. The lowest BCUT2D eigenvalue weighted by Gasteiger charge is -2.06. The number of aliphatic carboxylic acids is 1. The van der Waals surface area contributed by atoms with E-state index in [-0.39, 0.29) is 12.4 Å². The van der Waals surface area contributed by atoms with Crippen LogP contribution in [0.5, 0.6) is 0 Å². The summed E-state index contributed by atoms with van der Waals surface area (Å²) in [6.45, 7) is 0.626. The minimum absolute atomic E-state index is 0.0424. The maximum atomic E-state index is 11.3. The van der Waals surface area contributed by atoms with Gasteiger partial charge in [-0.3, -0.25) is 4.79 Å². The van der Waals surface area contributed by atoms with Crippen molar-refractivity contribution in [1.29, 1.82) is 0 Å². The van der Waals surface area contributed by atoms with E-state index in [2.05, 4.69) is 5.32 Å². The fraction of sp³-hybridized carbons (Fsp3) is 0.333. The number of amides is 1. The lowest BCUT2D eigenvalue weighted by atomic mass is 10.2. The number of rotatable bonds is 7. The molecule has 1 rings (SSSR count). The number of hydrogen-bond acceptors (Lipinski definition) is 4. The zero-order valence-electron chi connectivity index (χ0n) is 9.80. The molecule has 0 aliphatic heterocycles. The van der Waals surface area contributed by atoms with Crippen molar-refractivity contribution in [1.82, 2.24) is 5.32 Å². The van der Waals surface area contributed by atoms with Gasteiger partial charge in [0.2, 0.25) is 0 Å². The first kappa shape index (κ1) is 14.4. The molecule has 0 spiro atoms. The Morgan fingerprint density at radius 1 is 1.28 bits per heavy atom. The molecule has 6 heteroatoms. The molecule has 1 aromatic carbocycles. The summed E-state index contributed by atoms with van der Waals surface area (Å²) in [5, 5.41) is 11.0. The highest BCUT2D eigenvalue weighted by atomic mass is 32.2. The number of nitrogens with one attached hydrogen (secondary N) is 1. The molecule has 0 saturated carbocycles. The molecule has 0 aliphatic carbocycles. The number of ether oxygens (including phenoxy) is 1. The molecule has 0 unspecified atom stereocenters. The lowest BCUT2D eigenvalue weighted by Crippen LogP contribution is -2.26. The van der Waals surface area contributed by atoms with E-state index in [1.807, 2.05) is 30.3 Å². The second-order valence-corrected chi connectivity index (χ2v) is 4.54. The third-order valence-corrected chi connectivity index (χ3v) is 2.90. The molecule has 0 fully saturated rings. The molecule has 0 radical (unpaired) electrons. The highest BCUT2D eigenvalue weighted by molar-refractivity contribution is 7.99. The van der Waals surface area contributed by atoms with E-state index in [9.17, 15) is 9.59 Å². The van der Waals surface area contributed by atoms with E-state index in [1.54, 1.807) is 0 Å². The highest BCUT2D eigenvalue weighted by Crippen LogP contribution is 2.01. The first-order valence-corrected chi connectivity index (χ1v) is 6.58. The van der Waals surface area contributed by atoms with Crippen molar-refractivity contribution in [2.75, 3.05) is 18.1 Å². The van der Waals surface area contributed by atoms with Crippen LogP contribution in [0.3, 0.4) is 0 Å². The van der Waals surface area contributed by atoms with Gasteiger partial charge < -0.3 is 15.2 Å². The van der Waals surface area contributed by atoms with Crippen molar-refractivity contribution in [2.24, 2.45) is 0 Å². The molecule has 0 saturated heterocycles. The number of carboxylic acid groups (broad SMARTS) is 1. The Hall–Kier alpha value is -1.69. The van der Waals surface area contributed by atoms with Gasteiger partial charge in [-0.2, -0.15) is 0 Å². The summed E-state index contributed by atoms with van der Waals surface area (Å²) in [7, 11) is 0. The summed E-state index contributed by atoms with van der Waals surface area (Å²) in [6.07, 6.45) is -0.491. The number of carboxylic acids is 1. The van der Waals surface area contributed by atoms with Gasteiger partial charge in [-0.25, -0.2) is 4.79 Å².